The summed E-state index contributed by atoms with van der Waals surface area (Å²) in [5.41, 5.74) is 7.24. The highest BCUT2D eigenvalue weighted by molar-refractivity contribution is 5.97. The molecule has 2 rings (SSSR count). The summed E-state index contributed by atoms with van der Waals surface area (Å²) < 4.78 is 0. The van der Waals surface area contributed by atoms with Crippen LogP contribution >= 0.6 is 0 Å². The number of benzene rings is 1. The summed E-state index contributed by atoms with van der Waals surface area (Å²) in [5, 5.41) is 9.07. The molecule has 1 aliphatic rings. The highest BCUT2D eigenvalue weighted by Crippen LogP contribution is 2.25. The molecule has 1 aromatic rings. The van der Waals surface area contributed by atoms with Crippen molar-refractivity contribution in [3.05, 3.63) is 23.8 Å². The summed E-state index contributed by atoms with van der Waals surface area (Å²) in [7, 11) is 1.95. The fraction of sp³-hybridized carbons (Fsp3) is 0.500. The SMILES string of the molecule is CN(CCN1CCCC1)c1cccc(C(=O)O)c1N. The maximum absolute atomic E-state index is 11.1. The van der Waals surface area contributed by atoms with E-state index in [1.807, 2.05) is 18.0 Å². The largest absolute Gasteiger partial charge is 0.478 e. The van der Waals surface area contributed by atoms with Crippen LogP contribution in [-0.4, -0.2) is 49.2 Å². The first-order valence-electron chi connectivity index (χ1n) is 6.65. The van der Waals surface area contributed by atoms with Crippen LogP contribution < -0.4 is 10.6 Å². The third-order valence-corrected chi connectivity index (χ3v) is 3.68. The molecule has 0 radical (unpaired) electrons. The Bertz CT molecular complexity index is 456. The molecule has 0 unspecified atom stereocenters. The van der Waals surface area contributed by atoms with Crippen LogP contribution in [0.2, 0.25) is 0 Å². The average Bonchev–Trinajstić information content (AvgIpc) is 2.89. The summed E-state index contributed by atoms with van der Waals surface area (Å²) >= 11 is 0. The maximum atomic E-state index is 11.1. The minimum Gasteiger partial charge on any atom is -0.478 e. The number of anilines is 2. The second-order valence-corrected chi connectivity index (χ2v) is 5.01. The van der Waals surface area contributed by atoms with Crippen molar-refractivity contribution in [3.8, 4) is 0 Å². The zero-order valence-corrected chi connectivity index (χ0v) is 11.3. The molecule has 0 amide bonds. The molecule has 1 aliphatic heterocycles. The number of rotatable bonds is 5. The Morgan fingerprint density at radius 2 is 2.11 bits per heavy atom. The van der Waals surface area contributed by atoms with Gasteiger partial charge >= 0.3 is 5.97 Å². The van der Waals surface area contributed by atoms with E-state index in [0.717, 1.165) is 18.8 Å². The molecule has 1 heterocycles. The van der Waals surface area contributed by atoms with Crippen molar-refractivity contribution in [1.82, 2.24) is 4.90 Å². The number of carbonyl (C=O) groups is 1. The van der Waals surface area contributed by atoms with Crippen LogP contribution in [0.4, 0.5) is 11.4 Å². The van der Waals surface area contributed by atoms with Gasteiger partial charge in [0.1, 0.15) is 0 Å². The molecule has 0 saturated carbocycles. The van der Waals surface area contributed by atoms with E-state index in [1.165, 1.54) is 32.0 Å². The zero-order valence-electron chi connectivity index (χ0n) is 11.3. The molecule has 104 valence electrons. The van der Waals surface area contributed by atoms with E-state index in [4.69, 9.17) is 10.8 Å². The first kappa shape index (κ1) is 13.7. The molecule has 3 N–H and O–H groups in total. The fourth-order valence-electron chi connectivity index (χ4n) is 2.49. The predicted octanol–water partition coefficient (Wildman–Crippen LogP) is 1.50. The number of carboxylic acids is 1. The van der Waals surface area contributed by atoms with E-state index >= 15 is 0 Å². The van der Waals surface area contributed by atoms with Crippen LogP contribution in [0.15, 0.2) is 18.2 Å². The molecule has 5 heteroatoms. The van der Waals surface area contributed by atoms with E-state index in [1.54, 1.807) is 6.07 Å². The molecule has 1 fully saturated rings. The van der Waals surface area contributed by atoms with E-state index in [2.05, 4.69) is 4.90 Å². The van der Waals surface area contributed by atoms with Crippen molar-refractivity contribution in [1.29, 1.82) is 0 Å². The van der Waals surface area contributed by atoms with Crippen molar-refractivity contribution in [2.75, 3.05) is 43.9 Å². The van der Waals surface area contributed by atoms with Gasteiger partial charge in [-0.1, -0.05) is 6.07 Å². The number of hydrogen-bond donors (Lipinski definition) is 2. The van der Waals surface area contributed by atoms with Gasteiger partial charge in [-0.2, -0.15) is 0 Å². The zero-order chi connectivity index (χ0) is 13.8. The fourth-order valence-corrected chi connectivity index (χ4v) is 2.49. The molecule has 1 saturated heterocycles. The minimum absolute atomic E-state index is 0.172. The van der Waals surface area contributed by atoms with Gasteiger partial charge in [-0.05, 0) is 38.1 Å². The maximum Gasteiger partial charge on any atom is 0.337 e. The number of likely N-dealkylation sites (tertiary alicyclic amines) is 1. The Morgan fingerprint density at radius 1 is 1.42 bits per heavy atom. The Balaban J connectivity index is 2.03. The van der Waals surface area contributed by atoms with E-state index in [9.17, 15) is 4.79 Å². The third kappa shape index (κ3) is 3.17. The molecule has 0 aliphatic carbocycles. The van der Waals surface area contributed by atoms with Gasteiger partial charge in [-0.3, -0.25) is 0 Å². The van der Waals surface area contributed by atoms with Gasteiger partial charge in [0.2, 0.25) is 0 Å². The quantitative estimate of drug-likeness (QED) is 0.788. The van der Waals surface area contributed by atoms with Gasteiger partial charge in [0.05, 0.1) is 16.9 Å². The van der Waals surface area contributed by atoms with Crippen molar-refractivity contribution >= 4 is 17.3 Å². The van der Waals surface area contributed by atoms with Gasteiger partial charge in [-0.25, -0.2) is 4.79 Å². The van der Waals surface area contributed by atoms with Crippen molar-refractivity contribution in [2.24, 2.45) is 0 Å². The van der Waals surface area contributed by atoms with Crippen LogP contribution in [0.25, 0.3) is 0 Å². The number of para-hydroxylation sites is 1. The lowest BCUT2D eigenvalue weighted by atomic mass is 10.1. The molecule has 5 nitrogen and oxygen atoms in total. The van der Waals surface area contributed by atoms with Gasteiger partial charge in [-0.15, -0.1) is 0 Å². The van der Waals surface area contributed by atoms with Crippen LogP contribution in [0.1, 0.15) is 23.2 Å². The number of hydrogen-bond acceptors (Lipinski definition) is 4. The summed E-state index contributed by atoms with van der Waals surface area (Å²) in [4.78, 5) is 15.5. The van der Waals surface area contributed by atoms with E-state index in [0.29, 0.717) is 5.69 Å². The number of likely N-dealkylation sites (N-methyl/N-ethyl adjacent to an activating group) is 1. The molecule has 0 aromatic heterocycles. The topological polar surface area (TPSA) is 69.8 Å². The van der Waals surface area contributed by atoms with Gasteiger partial charge in [0.15, 0.2) is 0 Å². The number of nitrogens with zero attached hydrogens (tertiary/aromatic N) is 2. The Morgan fingerprint density at radius 3 is 2.74 bits per heavy atom. The van der Waals surface area contributed by atoms with Gasteiger partial charge < -0.3 is 20.6 Å². The second kappa shape index (κ2) is 5.93. The third-order valence-electron chi connectivity index (χ3n) is 3.68. The minimum atomic E-state index is -0.979. The van der Waals surface area contributed by atoms with Crippen molar-refractivity contribution in [3.63, 3.8) is 0 Å². The molecular weight excluding hydrogens is 242 g/mol. The first-order valence-corrected chi connectivity index (χ1v) is 6.65. The van der Waals surface area contributed by atoms with E-state index in [-0.39, 0.29) is 5.56 Å². The van der Waals surface area contributed by atoms with Crippen LogP contribution in [0.5, 0.6) is 0 Å². The molecule has 0 atom stereocenters. The van der Waals surface area contributed by atoms with Gasteiger partial charge in [0, 0.05) is 20.1 Å². The van der Waals surface area contributed by atoms with Gasteiger partial charge in [0.25, 0.3) is 0 Å². The molecule has 0 bridgehead atoms. The molecule has 1 aromatic carbocycles. The molecule has 19 heavy (non-hydrogen) atoms. The lowest BCUT2D eigenvalue weighted by Crippen LogP contribution is -2.31. The summed E-state index contributed by atoms with van der Waals surface area (Å²) in [5.74, 6) is -0.979. The summed E-state index contributed by atoms with van der Waals surface area (Å²) in [6.45, 7) is 4.18. The predicted molar refractivity (Wildman–Crippen MR) is 76.8 cm³/mol. The number of carboxylic acid groups (broad SMARTS) is 1. The highest BCUT2D eigenvalue weighted by Gasteiger charge is 2.15. The average molecular weight is 263 g/mol. The van der Waals surface area contributed by atoms with Crippen LogP contribution in [0.3, 0.4) is 0 Å². The second-order valence-electron chi connectivity index (χ2n) is 5.01. The molecule has 0 spiro atoms. The lowest BCUT2D eigenvalue weighted by molar-refractivity contribution is 0.0698. The number of nitrogens with two attached hydrogens (primary N) is 1. The Kier molecular flexibility index (Phi) is 4.27. The van der Waals surface area contributed by atoms with Crippen molar-refractivity contribution < 1.29 is 9.90 Å². The monoisotopic (exact) mass is 263 g/mol. The Hall–Kier alpha value is -1.75. The highest BCUT2D eigenvalue weighted by atomic mass is 16.4. The number of aromatic carboxylic acids is 1. The summed E-state index contributed by atoms with van der Waals surface area (Å²) in [6, 6.07) is 5.14. The smallest absolute Gasteiger partial charge is 0.337 e. The van der Waals surface area contributed by atoms with Crippen LogP contribution in [0, 0.1) is 0 Å². The number of nitrogen functional groups attached to an aromatic ring is 1. The lowest BCUT2D eigenvalue weighted by Gasteiger charge is -2.24. The van der Waals surface area contributed by atoms with Crippen LogP contribution in [-0.2, 0) is 0 Å². The Labute approximate surface area is 113 Å². The summed E-state index contributed by atoms with van der Waals surface area (Å²) in [6.07, 6.45) is 2.56. The normalized spacial score (nSPS) is 15.6. The molecular formula is C14H21N3O2. The standard InChI is InChI=1S/C14H21N3O2/c1-16(9-10-17-7-2-3-8-17)12-6-4-5-11(13(12)15)14(18)19/h4-6H,2-3,7-10,15H2,1H3,(H,18,19). The van der Waals surface area contributed by atoms with Crippen molar-refractivity contribution in [2.45, 2.75) is 12.8 Å². The first-order chi connectivity index (χ1) is 9.09. The van der Waals surface area contributed by atoms with E-state index < -0.39 is 5.97 Å².